The molecule has 2 rings (SSSR count). The Morgan fingerprint density at radius 1 is 1.27 bits per heavy atom. The van der Waals surface area contributed by atoms with Crippen LogP contribution in [-0.2, 0) is 4.74 Å². The van der Waals surface area contributed by atoms with Crippen molar-refractivity contribution in [2.45, 2.75) is 31.0 Å². The quantitative estimate of drug-likeness (QED) is 0.719. The van der Waals surface area contributed by atoms with E-state index in [1.165, 1.54) is 38.9 Å². The van der Waals surface area contributed by atoms with Crippen molar-refractivity contribution in [1.29, 1.82) is 0 Å². The van der Waals surface area contributed by atoms with Crippen molar-refractivity contribution >= 4 is 15.9 Å². The largest absolute Gasteiger partial charge is 0.381 e. The highest BCUT2D eigenvalue weighted by Gasteiger charge is 2.26. The Hall–Kier alpha value is 0.400. The first kappa shape index (κ1) is 11.9. The molecule has 0 saturated carbocycles. The average molecular weight is 276 g/mol. The standard InChI is InChI=1S/C12H22BrNO/c1-10-2-5-14(9-12(10)13)8-11-3-6-15-7-4-11/h10-12H,2-9H2,1H3. The van der Waals surface area contributed by atoms with Crippen molar-refractivity contribution in [3.63, 3.8) is 0 Å². The van der Waals surface area contributed by atoms with Gasteiger partial charge in [0.2, 0.25) is 0 Å². The second kappa shape index (κ2) is 5.65. The fourth-order valence-corrected chi connectivity index (χ4v) is 3.22. The topological polar surface area (TPSA) is 12.5 Å². The van der Waals surface area contributed by atoms with Crippen LogP contribution < -0.4 is 0 Å². The van der Waals surface area contributed by atoms with Gasteiger partial charge in [-0.15, -0.1) is 0 Å². The summed E-state index contributed by atoms with van der Waals surface area (Å²) in [5.74, 6) is 1.72. The maximum Gasteiger partial charge on any atom is 0.0469 e. The molecule has 3 heteroatoms. The van der Waals surface area contributed by atoms with Crippen molar-refractivity contribution in [2.24, 2.45) is 11.8 Å². The summed E-state index contributed by atoms with van der Waals surface area (Å²) >= 11 is 3.79. The number of nitrogens with zero attached hydrogens (tertiary/aromatic N) is 1. The van der Waals surface area contributed by atoms with Crippen LogP contribution in [0.2, 0.25) is 0 Å². The molecule has 15 heavy (non-hydrogen) atoms. The number of hydrogen-bond acceptors (Lipinski definition) is 2. The molecule has 0 aliphatic carbocycles. The van der Waals surface area contributed by atoms with Crippen LogP contribution in [0.3, 0.4) is 0 Å². The zero-order chi connectivity index (χ0) is 10.7. The van der Waals surface area contributed by atoms with Crippen LogP contribution in [0.25, 0.3) is 0 Å². The van der Waals surface area contributed by atoms with Gasteiger partial charge in [0.15, 0.2) is 0 Å². The van der Waals surface area contributed by atoms with Gasteiger partial charge in [-0.25, -0.2) is 0 Å². The molecule has 0 N–H and O–H groups in total. The lowest BCUT2D eigenvalue weighted by molar-refractivity contribution is 0.0482. The van der Waals surface area contributed by atoms with E-state index in [0.717, 1.165) is 25.0 Å². The average Bonchev–Trinajstić information content (AvgIpc) is 2.25. The molecule has 88 valence electrons. The first-order chi connectivity index (χ1) is 7.25. The molecule has 0 spiro atoms. The van der Waals surface area contributed by atoms with E-state index in [-0.39, 0.29) is 0 Å². The van der Waals surface area contributed by atoms with Gasteiger partial charge in [0.05, 0.1) is 0 Å². The van der Waals surface area contributed by atoms with Crippen LogP contribution in [0.1, 0.15) is 26.2 Å². The van der Waals surface area contributed by atoms with Gasteiger partial charge in [-0.1, -0.05) is 22.9 Å². The molecular weight excluding hydrogens is 254 g/mol. The number of hydrogen-bond donors (Lipinski definition) is 0. The van der Waals surface area contributed by atoms with Gasteiger partial charge in [0.25, 0.3) is 0 Å². The van der Waals surface area contributed by atoms with E-state index in [2.05, 4.69) is 27.8 Å². The van der Waals surface area contributed by atoms with Crippen LogP contribution in [0, 0.1) is 11.8 Å². The van der Waals surface area contributed by atoms with Gasteiger partial charge in [-0.2, -0.15) is 0 Å². The summed E-state index contributed by atoms with van der Waals surface area (Å²) in [4.78, 5) is 3.33. The minimum absolute atomic E-state index is 0.700. The van der Waals surface area contributed by atoms with Crippen molar-refractivity contribution in [3.8, 4) is 0 Å². The summed E-state index contributed by atoms with van der Waals surface area (Å²) in [7, 11) is 0. The molecule has 2 nitrogen and oxygen atoms in total. The highest BCUT2D eigenvalue weighted by Crippen LogP contribution is 2.25. The summed E-state index contributed by atoms with van der Waals surface area (Å²) < 4.78 is 5.40. The minimum atomic E-state index is 0.700. The lowest BCUT2D eigenvalue weighted by Crippen LogP contribution is -2.43. The Labute approximate surface area is 101 Å². The number of halogens is 1. The number of rotatable bonds is 2. The van der Waals surface area contributed by atoms with E-state index in [9.17, 15) is 0 Å². The molecule has 2 aliphatic heterocycles. The lowest BCUT2D eigenvalue weighted by Gasteiger charge is -2.37. The predicted octanol–water partition coefficient (Wildman–Crippen LogP) is 2.52. The van der Waals surface area contributed by atoms with Gasteiger partial charge < -0.3 is 9.64 Å². The summed E-state index contributed by atoms with van der Waals surface area (Å²) in [6.45, 7) is 8.13. The number of alkyl halides is 1. The highest BCUT2D eigenvalue weighted by molar-refractivity contribution is 9.09. The van der Waals surface area contributed by atoms with Crippen molar-refractivity contribution in [2.75, 3.05) is 32.8 Å². The molecule has 2 saturated heterocycles. The molecular formula is C12H22BrNO. The third-order valence-electron chi connectivity index (χ3n) is 3.81. The molecule has 0 aromatic rings. The van der Waals surface area contributed by atoms with E-state index in [1.807, 2.05) is 0 Å². The molecule has 0 bridgehead atoms. The highest BCUT2D eigenvalue weighted by atomic mass is 79.9. The number of ether oxygens (including phenoxy) is 1. The van der Waals surface area contributed by atoms with Crippen LogP contribution in [0.4, 0.5) is 0 Å². The summed E-state index contributed by atoms with van der Waals surface area (Å²) in [6, 6.07) is 0. The van der Waals surface area contributed by atoms with Gasteiger partial charge in [-0.05, 0) is 37.6 Å². The fourth-order valence-electron chi connectivity index (χ4n) is 2.54. The molecule has 2 atom stereocenters. The van der Waals surface area contributed by atoms with Crippen molar-refractivity contribution < 1.29 is 4.74 Å². The van der Waals surface area contributed by atoms with Gasteiger partial charge >= 0.3 is 0 Å². The Morgan fingerprint density at radius 3 is 2.67 bits per heavy atom. The summed E-state index contributed by atoms with van der Waals surface area (Å²) in [5, 5.41) is 0. The molecule has 0 aromatic carbocycles. The van der Waals surface area contributed by atoms with Crippen molar-refractivity contribution in [3.05, 3.63) is 0 Å². The number of likely N-dealkylation sites (tertiary alicyclic amines) is 1. The second-order valence-electron chi connectivity index (χ2n) is 5.10. The van der Waals surface area contributed by atoms with Crippen LogP contribution in [0.5, 0.6) is 0 Å². The zero-order valence-electron chi connectivity index (χ0n) is 9.62. The Bertz CT molecular complexity index is 194. The molecule has 2 fully saturated rings. The van der Waals surface area contributed by atoms with Crippen LogP contribution in [-0.4, -0.2) is 42.6 Å². The van der Waals surface area contributed by atoms with Gasteiger partial charge in [0.1, 0.15) is 0 Å². The van der Waals surface area contributed by atoms with E-state index in [4.69, 9.17) is 4.74 Å². The van der Waals surface area contributed by atoms with Gasteiger partial charge in [0, 0.05) is 31.1 Å². The predicted molar refractivity (Wildman–Crippen MR) is 66.5 cm³/mol. The molecule has 2 unspecified atom stereocenters. The van der Waals surface area contributed by atoms with Crippen molar-refractivity contribution in [1.82, 2.24) is 4.90 Å². The van der Waals surface area contributed by atoms with E-state index >= 15 is 0 Å². The molecule has 2 aliphatic rings. The second-order valence-corrected chi connectivity index (χ2v) is 6.27. The summed E-state index contributed by atoms with van der Waals surface area (Å²) in [6.07, 6.45) is 3.87. The maximum atomic E-state index is 5.40. The molecule has 0 aromatic heterocycles. The minimum Gasteiger partial charge on any atom is -0.381 e. The molecule has 0 radical (unpaired) electrons. The Morgan fingerprint density at radius 2 is 2.00 bits per heavy atom. The lowest BCUT2D eigenvalue weighted by atomic mass is 9.95. The van der Waals surface area contributed by atoms with E-state index in [0.29, 0.717) is 4.83 Å². The first-order valence-electron chi connectivity index (χ1n) is 6.20. The molecule has 2 heterocycles. The van der Waals surface area contributed by atoms with E-state index in [1.54, 1.807) is 0 Å². The Kier molecular flexibility index (Phi) is 4.47. The normalized spacial score (nSPS) is 35.6. The fraction of sp³-hybridized carbons (Fsp3) is 1.00. The molecule has 0 amide bonds. The smallest absolute Gasteiger partial charge is 0.0469 e. The Balaban J connectivity index is 1.74. The third-order valence-corrected chi connectivity index (χ3v) is 5.00. The maximum absolute atomic E-state index is 5.40. The van der Waals surface area contributed by atoms with Crippen LogP contribution >= 0.6 is 15.9 Å². The van der Waals surface area contributed by atoms with E-state index < -0.39 is 0 Å². The SMILES string of the molecule is CC1CCN(CC2CCOCC2)CC1Br. The zero-order valence-corrected chi connectivity index (χ0v) is 11.2. The van der Waals surface area contributed by atoms with Crippen LogP contribution in [0.15, 0.2) is 0 Å². The summed E-state index contributed by atoms with van der Waals surface area (Å²) in [5.41, 5.74) is 0. The third kappa shape index (κ3) is 3.43. The van der Waals surface area contributed by atoms with Gasteiger partial charge in [-0.3, -0.25) is 0 Å². The first-order valence-corrected chi connectivity index (χ1v) is 7.11. The monoisotopic (exact) mass is 275 g/mol. The number of piperidine rings is 1.